The third-order valence-corrected chi connectivity index (χ3v) is 4.01. The largest absolute Gasteiger partial charge is 0.491 e. The van der Waals surface area contributed by atoms with Crippen molar-refractivity contribution in [3.63, 3.8) is 0 Å². The van der Waals surface area contributed by atoms with E-state index in [0.717, 1.165) is 24.2 Å². The number of nitrogens with two attached hydrogens (primary N) is 1. The smallest absolute Gasteiger partial charge is 0.127 e. The Morgan fingerprint density at radius 1 is 1.14 bits per heavy atom. The molecule has 2 N–H and O–H groups in total. The van der Waals surface area contributed by atoms with Crippen LogP contribution in [0.1, 0.15) is 23.6 Å². The van der Waals surface area contributed by atoms with Crippen LogP contribution >= 0.6 is 0 Å². The first kappa shape index (κ1) is 14.1. The molecule has 0 aromatic heterocycles. The molecule has 2 aromatic carbocycles. The van der Waals surface area contributed by atoms with Gasteiger partial charge in [-0.25, -0.2) is 0 Å². The number of methoxy groups -OCH3 is 1. The Bertz CT molecular complexity index is 624. The van der Waals surface area contributed by atoms with Gasteiger partial charge in [-0.15, -0.1) is 0 Å². The van der Waals surface area contributed by atoms with Crippen molar-refractivity contribution in [3.05, 3.63) is 53.6 Å². The van der Waals surface area contributed by atoms with Crippen LogP contribution in [0.25, 0.3) is 11.1 Å². The number of benzene rings is 2. The quantitative estimate of drug-likeness (QED) is 0.856. The lowest BCUT2D eigenvalue weighted by molar-refractivity contribution is 0.146. The first-order valence-electron chi connectivity index (χ1n) is 7.39. The fraction of sp³-hybridized carbons (Fsp3) is 0.333. The molecular formula is C18H21NO2. The van der Waals surface area contributed by atoms with Gasteiger partial charge in [0.15, 0.2) is 0 Å². The van der Waals surface area contributed by atoms with Gasteiger partial charge >= 0.3 is 0 Å². The van der Waals surface area contributed by atoms with E-state index in [9.17, 15) is 0 Å². The van der Waals surface area contributed by atoms with Crippen LogP contribution in [0.3, 0.4) is 0 Å². The second kappa shape index (κ2) is 6.29. The molecule has 0 spiro atoms. The Labute approximate surface area is 125 Å². The Balaban J connectivity index is 1.90. The average molecular weight is 283 g/mol. The van der Waals surface area contributed by atoms with Crippen molar-refractivity contribution in [3.8, 4) is 16.9 Å². The van der Waals surface area contributed by atoms with Crippen LogP contribution in [0.15, 0.2) is 42.5 Å². The van der Waals surface area contributed by atoms with E-state index in [0.29, 0.717) is 13.2 Å². The molecule has 21 heavy (non-hydrogen) atoms. The van der Waals surface area contributed by atoms with Crippen LogP contribution in [0, 0.1) is 0 Å². The molecule has 1 aliphatic rings. The Hall–Kier alpha value is -1.84. The normalized spacial score (nSPS) is 16.8. The number of rotatable bonds is 5. The van der Waals surface area contributed by atoms with E-state index < -0.39 is 0 Å². The molecule has 3 rings (SSSR count). The standard InChI is InChI=1S/C18H21NO2/c1-20-10-11-21-18-5-3-2-4-16(18)14-6-8-15-13(12-14)7-9-17(15)19/h2-6,8,12,17H,7,9-11,19H2,1H3. The number of para-hydroxylation sites is 1. The summed E-state index contributed by atoms with van der Waals surface area (Å²) in [6.07, 6.45) is 2.11. The Morgan fingerprint density at radius 3 is 2.86 bits per heavy atom. The maximum Gasteiger partial charge on any atom is 0.127 e. The maximum atomic E-state index is 6.11. The van der Waals surface area contributed by atoms with Gasteiger partial charge in [0.1, 0.15) is 12.4 Å². The van der Waals surface area contributed by atoms with Crippen molar-refractivity contribution in [1.82, 2.24) is 0 Å². The second-order valence-corrected chi connectivity index (χ2v) is 5.40. The first-order chi connectivity index (χ1) is 10.3. The molecule has 0 aliphatic heterocycles. The summed E-state index contributed by atoms with van der Waals surface area (Å²) in [6, 6.07) is 14.9. The van der Waals surface area contributed by atoms with E-state index in [1.54, 1.807) is 7.11 Å². The van der Waals surface area contributed by atoms with Gasteiger partial charge in [-0.3, -0.25) is 0 Å². The molecule has 2 aromatic rings. The molecule has 1 unspecified atom stereocenters. The molecule has 0 saturated carbocycles. The van der Waals surface area contributed by atoms with Crippen LogP contribution in [-0.2, 0) is 11.2 Å². The lowest BCUT2D eigenvalue weighted by Gasteiger charge is -2.13. The van der Waals surface area contributed by atoms with Crippen LogP contribution in [-0.4, -0.2) is 20.3 Å². The van der Waals surface area contributed by atoms with Crippen molar-refractivity contribution in [2.45, 2.75) is 18.9 Å². The topological polar surface area (TPSA) is 44.5 Å². The van der Waals surface area contributed by atoms with Crippen molar-refractivity contribution in [2.24, 2.45) is 5.73 Å². The van der Waals surface area contributed by atoms with Crippen LogP contribution in [0.4, 0.5) is 0 Å². The highest BCUT2D eigenvalue weighted by Crippen LogP contribution is 2.35. The summed E-state index contributed by atoms with van der Waals surface area (Å²) in [4.78, 5) is 0. The monoisotopic (exact) mass is 283 g/mol. The SMILES string of the molecule is COCCOc1ccccc1-c1ccc2c(c1)CCC2N. The van der Waals surface area contributed by atoms with Crippen molar-refractivity contribution < 1.29 is 9.47 Å². The van der Waals surface area contributed by atoms with E-state index in [4.69, 9.17) is 15.2 Å². The zero-order valence-corrected chi connectivity index (χ0v) is 12.3. The lowest BCUT2D eigenvalue weighted by Crippen LogP contribution is -2.05. The minimum absolute atomic E-state index is 0.197. The van der Waals surface area contributed by atoms with Crippen molar-refractivity contribution in [1.29, 1.82) is 0 Å². The van der Waals surface area contributed by atoms with Gasteiger partial charge in [0, 0.05) is 18.7 Å². The van der Waals surface area contributed by atoms with Gasteiger partial charge in [0.25, 0.3) is 0 Å². The maximum absolute atomic E-state index is 6.11. The number of aryl methyl sites for hydroxylation is 1. The summed E-state index contributed by atoms with van der Waals surface area (Å²) in [7, 11) is 1.68. The molecule has 0 amide bonds. The van der Waals surface area contributed by atoms with Crippen molar-refractivity contribution in [2.75, 3.05) is 20.3 Å². The number of ether oxygens (including phenoxy) is 2. The fourth-order valence-electron chi connectivity index (χ4n) is 2.88. The third-order valence-electron chi connectivity index (χ3n) is 4.01. The summed E-state index contributed by atoms with van der Waals surface area (Å²) in [5, 5.41) is 0. The van der Waals surface area contributed by atoms with Crippen LogP contribution in [0.5, 0.6) is 5.75 Å². The minimum atomic E-state index is 0.197. The van der Waals surface area contributed by atoms with Gasteiger partial charge in [0.2, 0.25) is 0 Å². The molecule has 0 heterocycles. The number of fused-ring (bicyclic) bond motifs is 1. The molecule has 0 fully saturated rings. The molecule has 1 aliphatic carbocycles. The van der Waals surface area contributed by atoms with E-state index in [1.165, 1.54) is 16.7 Å². The molecule has 3 nitrogen and oxygen atoms in total. The van der Waals surface area contributed by atoms with Gasteiger partial charge in [-0.05, 0) is 35.6 Å². The van der Waals surface area contributed by atoms with E-state index in [-0.39, 0.29) is 6.04 Å². The number of hydrogen-bond donors (Lipinski definition) is 1. The van der Waals surface area contributed by atoms with E-state index in [2.05, 4.69) is 24.3 Å². The highest BCUT2D eigenvalue weighted by atomic mass is 16.5. The third kappa shape index (κ3) is 2.94. The van der Waals surface area contributed by atoms with Gasteiger partial charge in [-0.2, -0.15) is 0 Å². The molecule has 0 radical (unpaired) electrons. The van der Waals surface area contributed by atoms with Gasteiger partial charge < -0.3 is 15.2 Å². The second-order valence-electron chi connectivity index (χ2n) is 5.40. The molecule has 0 saturated heterocycles. The predicted octanol–water partition coefficient (Wildman–Crippen LogP) is 3.32. The lowest BCUT2D eigenvalue weighted by atomic mass is 9.99. The average Bonchev–Trinajstić information content (AvgIpc) is 2.89. The highest BCUT2D eigenvalue weighted by molar-refractivity contribution is 5.71. The summed E-state index contributed by atoms with van der Waals surface area (Å²) in [6.45, 7) is 1.15. The molecule has 110 valence electrons. The van der Waals surface area contributed by atoms with Crippen LogP contribution < -0.4 is 10.5 Å². The summed E-state index contributed by atoms with van der Waals surface area (Å²) in [5.74, 6) is 0.900. The van der Waals surface area contributed by atoms with E-state index in [1.807, 2.05) is 18.2 Å². The van der Waals surface area contributed by atoms with Crippen molar-refractivity contribution >= 4 is 0 Å². The number of hydrogen-bond acceptors (Lipinski definition) is 3. The highest BCUT2D eigenvalue weighted by Gasteiger charge is 2.19. The Morgan fingerprint density at radius 2 is 2.00 bits per heavy atom. The fourth-order valence-corrected chi connectivity index (χ4v) is 2.88. The summed E-state index contributed by atoms with van der Waals surface area (Å²) < 4.78 is 10.9. The Kier molecular flexibility index (Phi) is 4.23. The zero-order chi connectivity index (χ0) is 14.7. The zero-order valence-electron chi connectivity index (χ0n) is 12.3. The molecule has 3 heteroatoms. The predicted molar refractivity (Wildman–Crippen MR) is 84.5 cm³/mol. The molecule has 0 bridgehead atoms. The summed E-state index contributed by atoms with van der Waals surface area (Å²) in [5.41, 5.74) is 11.1. The molecule has 1 atom stereocenters. The first-order valence-corrected chi connectivity index (χ1v) is 7.39. The van der Waals surface area contributed by atoms with E-state index >= 15 is 0 Å². The minimum Gasteiger partial charge on any atom is -0.491 e. The van der Waals surface area contributed by atoms with Gasteiger partial charge in [0.05, 0.1) is 6.61 Å². The molecular weight excluding hydrogens is 262 g/mol. The summed E-state index contributed by atoms with van der Waals surface area (Å²) >= 11 is 0. The van der Waals surface area contributed by atoms with Crippen LogP contribution in [0.2, 0.25) is 0 Å². The van der Waals surface area contributed by atoms with Gasteiger partial charge in [-0.1, -0.05) is 36.4 Å².